The van der Waals surface area contributed by atoms with Crippen LogP contribution in [0.4, 0.5) is 0 Å². The molecule has 19 heavy (non-hydrogen) atoms. The molecule has 1 heterocycles. The maximum Gasteiger partial charge on any atom is 0.353 e. The normalized spacial score (nSPS) is 31.0. The largest absolute Gasteiger partial charge is 0.477 e. The number of oxime groups is 1. The molecule has 0 aromatic heterocycles. The van der Waals surface area contributed by atoms with Gasteiger partial charge in [-0.2, -0.15) is 0 Å². The van der Waals surface area contributed by atoms with Gasteiger partial charge in [0.1, 0.15) is 0 Å². The molecule has 1 saturated carbocycles. The molecule has 0 aromatic carbocycles. The quantitative estimate of drug-likeness (QED) is 0.627. The molecule has 1 fully saturated rings. The fourth-order valence-corrected chi connectivity index (χ4v) is 2.38. The van der Waals surface area contributed by atoms with Gasteiger partial charge < -0.3 is 20.4 Å². The van der Waals surface area contributed by atoms with Gasteiger partial charge in [0.25, 0.3) is 5.91 Å². The molecule has 1 aliphatic carbocycles. The predicted molar refractivity (Wildman–Crippen MR) is 65.6 cm³/mol. The Balaban J connectivity index is 1.86. The monoisotopic (exact) mass is 270 g/mol. The Morgan fingerprint density at radius 2 is 2.00 bits per heavy atom. The molecule has 0 saturated heterocycles. The molecule has 3 N–H and O–H groups in total. The number of carbonyl (C=O) groups excluding carboxylic acids is 1. The molecule has 2 rings (SSSR count). The van der Waals surface area contributed by atoms with E-state index in [2.05, 4.69) is 10.5 Å². The summed E-state index contributed by atoms with van der Waals surface area (Å²) in [4.78, 5) is 27.4. The van der Waals surface area contributed by atoms with Crippen LogP contribution >= 0.6 is 0 Å². The first-order chi connectivity index (χ1) is 9.08. The molecule has 3 atom stereocenters. The van der Waals surface area contributed by atoms with Crippen LogP contribution in [0.2, 0.25) is 0 Å². The zero-order valence-electron chi connectivity index (χ0n) is 10.5. The lowest BCUT2D eigenvalue weighted by molar-refractivity contribution is -0.132. The van der Waals surface area contributed by atoms with Crippen LogP contribution in [0, 0.1) is 0 Å². The zero-order chi connectivity index (χ0) is 13.8. The van der Waals surface area contributed by atoms with Crippen molar-refractivity contribution in [3.8, 4) is 0 Å². The molecule has 0 spiro atoms. The Labute approximate surface area is 110 Å². The molecule has 0 aromatic rings. The minimum atomic E-state index is -1.18. The summed E-state index contributed by atoms with van der Waals surface area (Å²) in [5, 5.41) is 24.7. The van der Waals surface area contributed by atoms with Crippen molar-refractivity contribution in [2.24, 2.45) is 5.16 Å². The van der Waals surface area contributed by atoms with Crippen LogP contribution in [0.1, 0.15) is 38.5 Å². The second-order valence-electron chi connectivity index (χ2n) is 4.96. The first kappa shape index (κ1) is 13.8. The highest BCUT2D eigenvalue weighted by atomic mass is 16.6. The number of nitrogens with one attached hydrogen (secondary N) is 1. The van der Waals surface area contributed by atoms with E-state index in [1.54, 1.807) is 0 Å². The Bertz CT molecular complexity index is 396. The maximum atomic E-state index is 11.9. The first-order valence-corrected chi connectivity index (χ1v) is 6.52. The Morgan fingerprint density at radius 1 is 1.26 bits per heavy atom. The smallest absolute Gasteiger partial charge is 0.353 e. The summed E-state index contributed by atoms with van der Waals surface area (Å²) in [5.74, 6) is -1.59. The SMILES string of the molecule is O=C(O)C1=NOC(C(=O)NC2CCCCCC2O)C1. The van der Waals surface area contributed by atoms with E-state index < -0.39 is 24.1 Å². The van der Waals surface area contributed by atoms with Gasteiger partial charge in [-0.1, -0.05) is 24.4 Å². The van der Waals surface area contributed by atoms with Crippen LogP contribution in [0.25, 0.3) is 0 Å². The van der Waals surface area contributed by atoms with Gasteiger partial charge in [0, 0.05) is 6.42 Å². The lowest BCUT2D eigenvalue weighted by Gasteiger charge is -2.22. The van der Waals surface area contributed by atoms with Crippen LogP contribution in [0.3, 0.4) is 0 Å². The number of hydrogen-bond acceptors (Lipinski definition) is 5. The number of nitrogens with zero attached hydrogens (tertiary/aromatic N) is 1. The van der Waals surface area contributed by atoms with E-state index in [4.69, 9.17) is 9.94 Å². The van der Waals surface area contributed by atoms with Crippen molar-refractivity contribution < 1.29 is 24.6 Å². The average Bonchev–Trinajstić information content (AvgIpc) is 2.78. The van der Waals surface area contributed by atoms with Crippen LogP contribution < -0.4 is 5.32 Å². The number of rotatable bonds is 3. The summed E-state index contributed by atoms with van der Waals surface area (Å²) in [6.07, 6.45) is 2.89. The summed E-state index contributed by atoms with van der Waals surface area (Å²) in [5.41, 5.74) is -0.151. The highest BCUT2D eigenvalue weighted by molar-refractivity contribution is 6.36. The Hall–Kier alpha value is -1.63. The average molecular weight is 270 g/mol. The van der Waals surface area contributed by atoms with Gasteiger partial charge in [0.2, 0.25) is 6.10 Å². The van der Waals surface area contributed by atoms with Gasteiger partial charge in [0.05, 0.1) is 12.1 Å². The minimum absolute atomic E-state index is 0.0377. The van der Waals surface area contributed by atoms with Crippen molar-refractivity contribution >= 4 is 17.6 Å². The molecular weight excluding hydrogens is 252 g/mol. The number of aliphatic hydroxyl groups excluding tert-OH is 1. The van der Waals surface area contributed by atoms with Gasteiger partial charge in [-0.05, 0) is 12.8 Å². The van der Waals surface area contributed by atoms with Crippen molar-refractivity contribution in [3.05, 3.63) is 0 Å². The number of carbonyl (C=O) groups is 2. The number of hydrogen-bond donors (Lipinski definition) is 3. The van der Waals surface area contributed by atoms with Crippen LogP contribution in [0.15, 0.2) is 5.16 Å². The third-order valence-corrected chi connectivity index (χ3v) is 3.52. The maximum absolute atomic E-state index is 11.9. The van der Waals surface area contributed by atoms with Crippen molar-refractivity contribution in [2.75, 3.05) is 0 Å². The molecule has 2 aliphatic rings. The molecule has 7 heteroatoms. The van der Waals surface area contributed by atoms with Crippen molar-refractivity contribution in [2.45, 2.75) is 56.8 Å². The molecule has 0 bridgehead atoms. The van der Waals surface area contributed by atoms with Gasteiger partial charge in [-0.15, -0.1) is 0 Å². The molecule has 0 radical (unpaired) electrons. The standard InChI is InChI=1S/C12H18N2O5/c15-9-5-3-1-2-4-7(9)13-11(16)10-6-8(12(17)18)14-19-10/h7,9-10,15H,1-6H2,(H,13,16)(H,17,18). The minimum Gasteiger partial charge on any atom is -0.477 e. The molecule has 106 valence electrons. The summed E-state index contributed by atoms with van der Waals surface area (Å²) < 4.78 is 0. The van der Waals surface area contributed by atoms with E-state index in [1.165, 1.54) is 0 Å². The highest BCUT2D eigenvalue weighted by Crippen LogP contribution is 2.19. The number of aliphatic hydroxyl groups is 1. The van der Waals surface area contributed by atoms with Gasteiger partial charge in [-0.3, -0.25) is 4.79 Å². The van der Waals surface area contributed by atoms with E-state index in [1.807, 2.05) is 0 Å². The zero-order valence-corrected chi connectivity index (χ0v) is 10.5. The summed E-state index contributed by atoms with van der Waals surface area (Å²) in [6.45, 7) is 0. The summed E-state index contributed by atoms with van der Waals surface area (Å²) in [6, 6.07) is -0.285. The summed E-state index contributed by atoms with van der Waals surface area (Å²) >= 11 is 0. The number of carboxylic acids is 1. The fourth-order valence-electron chi connectivity index (χ4n) is 2.38. The molecule has 7 nitrogen and oxygen atoms in total. The third-order valence-electron chi connectivity index (χ3n) is 3.52. The van der Waals surface area contributed by atoms with E-state index in [0.29, 0.717) is 6.42 Å². The van der Waals surface area contributed by atoms with E-state index in [-0.39, 0.29) is 18.2 Å². The molecular formula is C12H18N2O5. The van der Waals surface area contributed by atoms with Crippen LogP contribution in [-0.4, -0.2) is 46.1 Å². The lowest BCUT2D eigenvalue weighted by Crippen LogP contribution is -2.47. The second-order valence-corrected chi connectivity index (χ2v) is 4.96. The summed E-state index contributed by atoms with van der Waals surface area (Å²) in [7, 11) is 0. The fraction of sp³-hybridized carbons (Fsp3) is 0.750. The lowest BCUT2D eigenvalue weighted by atomic mass is 10.1. The second kappa shape index (κ2) is 6.01. The van der Waals surface area contributed by atoms with Crippen LogP contribution in [-0.2, 0) is 14.4 Å². The van der Waals surface area contributed by atoms with Gasteiger partial charge >= 0.3 is 5.97 Å². The Kier molecular flexibility index (Phi) is 4.36. The van der Waals surface area contributed by atoms with Crippen molar-refractivity contribution in [1.82, 2.24) is 5.32 Å². The molecule has 1 amide bonds. The van der Waals surface area contributed by atoms with Crippen LogP contribution in [0.5, 0.6) is 0 Å². The first-order valence-electron chi connectivity index (χ1n) is 6.52. The highest BCUT2D eigenvalue weighted by Gasteiger charge is 2.33. The number of amides is 1. The molecule has 1 aliphatic heterocycles. The van der Waals surface area contributed by atoms with Gasteiger partial charge in [-0.25, -0.2) is 4.79 Å². The van der Waals surface area contributed by atoms with E-state index in [0.717, 1.165) is 25.7 Å². The van der Waals surface area contributed by atoms with E-state index >= 15 is 0 Å². The molecule has 3 unspecified atom stereocenters. The Morgan fingerprint density at radius 3 is 2.68 bits per heavy atom. The van der Waals surface area contributed by atoms with Gasteiger partial charge in [0.15, 0.2) is 5.71 Å². The number of aliphatic carboxylic acids is 1. The predicted octanol–water partition coefficient (Wildman–Crippen LogP) is 0.0257. The topological polar surface area (TPSA) is 108 Å². The third kappa shape index (κ3) is 3.44. The van der Waals surface area contributed by atoms with Crippen molar-refractivity contribution in [3.63, 3.8) is 0 Å². The van der Waals surface area contributed by atoms with Crippen molar-refractivity contribution in [1.29, 1.82) is 0 Å². The number of carboxylic acid groups (broad SMARTS) is 1. The van der Waals surface area contributed by atoms with E-state index in [9.17, 15) is 14.7 Å².